The van der Waals surface area contributed by atoms with Gasteiger partial charge in [-0.25, -0.2) is 0 Å². The topological polar surface area (TPSA) is 87.3 Å². The van der Waals surface area contributed by atoms with E-state index >= 15 is 0 Å². The first kappa shape index (κ1) is 32.1. The minimum Gasteiger partial charge on any atom is -0.325 e. The molecular formula is C34H30F3N3O3S. The largest absolute Gasteiger partial charge is 0.416 e. The molecule has 1 unspecified atom stereocenters. The van der Waals surface area contributed by atoms with Crippen molar-refractivity contribution in [2.24, 2.45) is 0 Å². The maximum Gasteiger partial charge on any atom is 0.416 e. The number of thioether (sulfide) groups is 1. The van der Waals surface area contributed by atoms with Crippen molar-refractivity contribution in [3.8, 4) is 0 Å². The SMILES string of the molecule is CCC(Sc1cccc(NC(=O)/C(=C/c2ccccc2C)NC(=O)c2ccccc2)c1)C(=O)Nc1cccc(C(F)(F)F)c1. The highest BCUT2D eigenvalue weighted by atomic mass is 32.2. The second kappa shape index (κ2) is 14.6. The van der Waals surface area contributed by atoms with Crippen molar-refractivity contribution in [3.63, 3.8) is 0 Å². The second-order valence-corrected chi connectivity index (χ2v) is 11.1. The zero-order chi connectivity index (χ0) is 31.7. The van der Waals surface area contributed by atoms with Crippen molar-refractivity contribution < 1.29 is 27.6 Å². The summed E-state index contributed by atoms with van der Waals surface area (Å²) < 4.78 is 39.3. The van der Waals surface area contributed by atoms with Crippen LogP contribution in [0.4, 0.5) is 24.5 Å². The summed E-state index contributed by atoms with van der Waals surface area (Å²) in [6.45, 7) is 3.70. The number of alkyl halides is 3. The van der Waals surface area contributed by atoms with Gasteiger partial charge in [-0.2, -0.15) is 13.2 Å². The summed E-state index contributed by atoms with van der Waals surface area (Å²) >= 11 is 1.22. The van der Waals surface area contributed by atoms with Gasteiger partial charge >= 0.3 is 6.18 Å². The Hall–Kier alpha value is -4.83. The Morgan fingerprint density at radius 3 is 2.16 bits per heavy atom. The molecule has 10 heteroatoms. The van der Waals surface area contributed by atoms with Crippen LogP contribution in [0.1, 0.15) is 40.4 Å². The maximum absolute atomic E-state index is 13.4. The molecular weight excluding hydrogens is 587 g/mol. The van der Waals surface area contributed by atoms with Gasteiger partial charge in [-0.15, -0.1) is 11.8 Å². The van der Waals surface area contributed by atoms with E-state index in [1.165, 1.54) is 23.9 Å². The van der Waals surface area contributed by atoms with E-state index in [1.807, 2.05) is 31.2 Å². The third-order valence-electron chi connectivity index (χ3n) is 6.51. The van der Waals surface area contributed by atoms with Crippen LogP contribution in [0.2, 0.25) is 0 Å². The van der Waals surface area contributed by atoms with Crippen molar-refractivity contribution >= 4 is 46.9 Å². The average Bonchev–Trinajstić information content (AvgIpc) is 3.00. The van der Waals surface area contributed by atoms with Gasteiger partial charge < -0.3 is 16.0 Å². The first-order valence-electron chi connectivity index (χ1n) is 13.7. The summed E-state index contributed by atoms with van der Waals surface area (Å²) in [6.07, 6.45) is -2.51. The first-order valence-corrected chi connectivity index (χ1v) is 14.6. The summed E-state index contributed by atoms with van der Waals surface area (Å²) in [5.41, 5.74) is 1.73. The predicted octanol–water partition coefficient (Wildman–Crippen LogP) is 7.93. The number of hydrogen-bond acceptors (Lipinski definition) is 4. The van der Waals surface area contributed by atoms with E-state index in [1.54, 1.807) is 67.6 Å². The smallest absolute Gasteiger partial charge is 0.325 e. The Kier molecular flexibility index (Phi) is 10.6. The van der Waals surface area contributed by atoms with E-state index in [0.717, 1.165) is 23.3 Å². The highest BCUT2D eigenvalue weighted by molar-refractivity contribution is 8.00. The summed E-state index contributed by atoms with van der Waals surface area (Å²) in [7, 11) is 0. The van der Waals surface area contributed by atoms with Crippen molar-refractivity contribution in [1.82, 2.24) is 5.32 Å². The Bertz CT molecular complexity index is 1670. The van der Waals surface area contributed by atoms with Crippen LogP contribution >= 0.6 is 11.8 Å². The van der Waals surface area contributed by atoms with Gasteiger partial charge in [0.2, 0.25) is 5.91 Å². The van der Waals surface area contributed by atoms with Crippen LogP contribution < -0.4 is 16.0 Å². The molecule has 3 N–H and O–H groups in total. The Balaban J connectivity index is 1.50. The van der Waals surface area contributed by atoms with Crippen molar-refractivity contribution in [2.45, 2.75) is 36.6 Å². The van der Waals surface area contributed by atoms with Gasteiger partial charge in [0.1, 0.15) is 5.70 Å². The normalized spacial score (nSPS) is 12.2. The molecule has 44 heavy (non-hydrogen) atoms. The van der Waals surface area contributed by atoms with E-state index in [2.05, 4.69) is 16.0 Å². The first-order chi connectivity index (χ1) is 21.0. The summed E-state index contributed by atoms with van der Waals surface area (Å²) in [6, 6.07) is 27.3. The van der Waals surface area contributed by atoms with Crippen LogP contribution in [0.25, 0.3) is 6.08 Å². The molecule has 0 aliphatic rings. The molecule has 4 aromatic carbocycles. The van der Waals surface area contributed by atoms with Gasteiger partial charge in [-0.05, 0) is 79.1 Å². The second-order valence-electron chi connectivity index (χ2n) is 9.80. The van der Waals surface area contributed by atoms with E-state index < -0.39 is 34.7 Å². The van der Waals surface area contributed by atoms with E-state index in [9.17, 15) is 27.6 Å². The number of carbonyl (C=O) groups is 3. The fourth-order valence-electron chi connectivity index (χ4n) is 4.17. The van der Waals surface area contributed by atoms with Crippen LogP contribution in [-0.2, 0) is 15.8 Å². The third-order valence-corrected chi connectivity index (χ3v) is 7.87. The van der Waals surface area contributed by atoms with Crippen molar-refractivity contribution in [2.75, 3.05) is 10.6 Å². The number of halogens is 3. The maximum atomic E-state index is 13.4. The lowest BCUT2D eigenvalue weighted by Gasteiger charge is -2.16. The van der Waals surface area contributed by atoms with E-state index in [0.29, 0.717) is 22.6 Å². The summed E-state index contributed by atoms with van der Waals surface area (Å²) in [4.78, 5) is 40.0. The lowest BCUT2D eigenvalue weighted by atomic mass is 10.1. The molecule has 0 fully saturated rings. The third kappa shape index (κ3) is 8.84. The lowest BCUT2D eigenvalue weighted by molar-refractivity contribution is -0.137. The predicted molar refractivity (Wildman–Crippen MR) is 168 cm³/mol. The summed E-state index contributed by atoms with van der Waals surface area (Å²) in [5.74, 6) is -1.44. The molecule has 0 aliphatic heterocycles. The number of nitrogens with one attached hydrogen (secondary N) is 3. The molecule has 4 aromatic rings. The minimum absolute atomic E-state index is 0.0399. The molecule has 6 nitrogen and oxygen atoms in total. The summed E-state index contributed by atoms with van der Waals surface area (Å²) in [5, 5.41) is 7.49. The molecule has 226 valence electrons. The zero-order valence-electron chi connectivity index (χ0n) is 23.9. The quantitative estimate of drug-likeness (QED) is 0.125. The van der Waals surface area contributed by atoms with Crippen LogP contribution in [0.5, 0.6) is 0 Å². The van der Waals surface area contributed by atoms with Gasteiger partial charge in [0, 0.05) is 21.8 Å². The monoisotopic (exact) mass is 617 g/mol. The lowest BCUT2D eigenvalue weighted by Crippen LogP contribution is -2.30. The molecule has 0 saturated carbocycles. The Labute approximate surface area is 257 Å². The zero-order valence-corrected chi connectivity index (χ0v) is 24.8. The molecule has 0 spiro atoms. The minimum atomic E-state index is -4.52. The molecule has 1 atom stereocenters. The van der Waals surface area contributed by atoms with Gasteiger partial charge in [-0.3, -0.25) is 14.4 Å². The van der Waals surface area contributed by atoms with Gasteiger partial charge in [0.05, 0.1) is 10.8 Å². The van der Waals surface area contributed by atoms with Crippen LogP contribution in [0.15, 0.2) is 114 Å². The molecule has 0 saturated heterocycles. The number of hydrogen-bond donors (Lipinski definition) is 3. The molecule has 0 heterocycles. The molecule has 0 bridgehead atoms. The number of rotatable bonds is 10. The van der Waals surface area contributed by atoms with Crippen molar-refractivity contribution in [3.05, 3.63) is 131 Å². The highest BCUT2D eigenvalue weighted by Crippen LogP contribution is 2.32. The van der Waals surface area contributed by atoms with Gasteiger partial charge in [0.25, 0.3) is 11.8 Å². The highest BCUT2D eigenvalue weighted by Gasteiger charge is 2.30. The number of anilines is 2. The van der Waals surface area contributed by atoms with Crippen LogP contribution in [0, 0.1) is 6.92 Å². The Morgan fingerprint density at radius 2 is 1.48 bits per heavy atom. The molecule has 4 rings (SSSR count). The molecule has 0 radical (unpaired) electrons. The van der Waals surface area contributed by atoms with Crippen LogP contribution in [0.3, 0.4) is 0 Å². The average molecular weight is 618 g/mol. The standard InChI is InChI=1S/C34H30F3N3O3S/c1-3-30(33(43)39-26-16-9-15-25(20-26)34(35,36)37)44-28-18-10-17-27(21-28)38-32(42)29(19-24-14-8-7-11-22(24)2)40-31(41)23-12-5-4-6-13-23/h4-21,30H,3H2,1-2H3,(H,38,42)(H,39,43)(H,40,41)/b29-19-. The number of amides is 3. The van der Waals surface area contributed by atoms with E-state index in [-0.39, 0.29) is 11.4 Å². The number of benzene rings is 4. The fourth-order valence-corrected chi connectivity index (χ4v) is 5.19. The number of aryl methyl sites for hydroxylation is 1. The van der Waals surface area contributed by atoms with Gasteiger partial charge in [0.15, 0.2) is 0 Å². The fraction of sp³-hybridized carbons (Fsp3) is 0.147. The number of carbonyl (C=O) groups excluding carboxylic acids is 3. The Morgan fingerprint density at radius 1 is 0.818 bits per heavy atom. The van der Waals surface area contributed by atoms with E-state index in [4.69, 9.17) is 0 Å². The van der Waals surface area contributed by atoms with Crippen LogP contribution in [-0.4, -0.2) is 23.0 Å². The molecule has 0 aromatic heterocycles. The van der Waals surface area contributed by atoms with Crippen molar-refractivity contribution in [1.29, 1.82) is 0 Å². The molecule has 0 aliphatic carbocycles. The molecule has 3 amide bonds. The van der Waals surface area contributed by atoms with Gasteiger partial charge in [-0.1, -0.05) is 61.5 Å².